The maximum Gasteiger partial charge on any atom is 0.253 e. The molecule has 1 aromatic heterocycles. The monoisotopic (exact) mass is 454 g/mol. The first-order valence-electron chi connectivity index (χ1n) is 7.90. The molecule has 0 aliphatic heterocycles. The maximum atomic E-state index is 6.19. The molecule has 2 aromatic rings. The van der Waals surface area contributed by atoms with Crippen LogP contribution in [-0.2, 0) is 13.6 Å². The molecule has 22 heavy (non-hydrogen) atoms. The van der Waals surface area contributed by atoms with Gasteiger partial charge in [0.1, 0.15) is 0 Å². The predicted octanol–water partition coefficient (Wildman–Crippen LogP) is 2.45. The summed E-state index contributed by atoms with van der Waals surface area (Å²) < 4.78 is 4.55. The second kappa shape index (κ2) is 9.33. The van der Waals surface area contributed by atoms with Crippen LogP contribution in [0.3, 0.4) is 0 Å². The zero-order valence-corrected chi connectivity index (χ0v) is 17.3. The Morgan fingerprint density at radius 1 is 1.00 bits per heavy atom. The molecule has 1 heterocycles. The Hall–Kier alpha value is -0.000000000000000111. The average molecular weight is 455 g/mol. The van der Waals surface area contributed by atoms with Gasteiger partial charge in [-0.05, 0) is 12.8 Å². The van der Waals surface area contributed by atoms with Crippen molar-refractivity contribution in [2.75, 3.05) is 0 Å². The molecule has 0 aliphatic carbocycles. The van der Waals surface area contributed by atoms with E-state index in [0.717, 1.165) is 12.1 Å². The third-order valence-corrected chi connectivity index (χ3v) is 5.00. The van der Waals surface area contributed by atoms with Crippen molar-refractivity contribution in [2.24, 2.45) is 7.05 Å². The SMILES string of the molecule is CCCCCCCCn1c(C)[n+](C)c2cc(Cl)c(Cl)cc21.[I-]. The van der Waals surface area contributed by atoms with Gasteiger partial charge in [0.25, 0.3) is 5.82 Å². The highest BCUT2D eigenvalue weighted by Crippen LogP contribution is 2.27. The zero-order valence-electron chi connectivity index (χ0n) is 13.6. The van der Waals surface area contributed by atoms with E-state index in [2.05, 4.69) is 30.0 Å². The maximum absolute atomic E-state index is 6.19. The Kier molecular flexibility index (Phi) is 8.50. The highest BCUT2D eigenvalue weighted by Gasteiger charge is 2.20. The van der Waals surface area contributed by atoms with Crippen molar-refractivity contribution >= 4 is 34.2 Å². The van der Waals surface area contributed by atoms with E-state index in [1.807, 2.05) is 12.1 Å². The highest BCUT2D eigenvalue weighted by atomic mass is 127. The molecule has 0 unspecified atom stereocenters. The molecule has 0 bridgehead atoms. The standard InChI is InChI=1S/C17H25Cl2N2.HI/c1-4-5-6-7-8-9-10-21-13(2)20(3)16-11-14(18)15(19)12-17(16)21;/h11-12H,4-10H2,1-3H3;1H/q+1;/p-1. The lowest BCUT2D eigenvalue weighted by atomic mass is 10.1. The van der Waals surface area contributed by atoms with E-state index in [-0.39, 0.29) is 24.0 Å². The second-order valence-corrected chi connectivity index (χ2v) is 6.60. The van der Waals surface area contributed by atoms with E-state index < -0.39 is 0 Å². The topological polar surface area (TPSA) is 8.81 Å². The van der Waals surface area contributed by atoms with Gasteiger partial charge >= 0.3 is 0 Å². The molecule has 1 aromatic carbocycles. The summed E-state index contributed by atoms with van der Waals surface area (Å²) >= 11 is 12.3. The van der Waals surface area contributed by atoms with Crippen molar-refractivity contribution < 1.29 is 28.5 Å². The van der Waals surface area contributed by atoms with Crippen molar-refractivity contribution in [1.29, 1.82) is 0 Å². The summed E-state index contributed by atoms with van der Waals surface area (Å²) in [6.07, 6.45) is 7.87. The lowest BCUT2D eigenvalue weighted by molar-refractivity contribution is -0.652. The van der Waals surface area contributed by atoms with Crippen LogP contribution in [0.2, 0.25) is 10.0 Å². The number of halogens is 3. The largest absolute Gasteiger partial charge is 1.00 e. The fraction of sp³-hybridized carbons (Fsp3) is 0.588. The van der Waals surface area contributed by atoms with Crippen LogP contribution >= 0.6 is 23.2 Å². The number of fused-ring (bicyclic) bond motifs is 1. The molecule has 0 saturated heterocycles. The molecule has 0 radical (unpaired) electrons. The molecule has 0 atom stereocenters. The molecule has 0 N–H and O–H groups in total. The van der Waals surface area contributed by atoms with Gasteiger partial charge in [0.05, 0.1) is 23.6 Å². The summed E-state index contributed by atoms with van der Waals surface area (Å²) in [6.45, 7) is 5.45. The van der Waals surface area contributed by atoms with Gasteiger partial charge < -0.3 is 24.0 Å². The van der Waals surface area contributed by atoms with E-state index in [9.17, 15) is 0 Å². The third kappa shape index (κ3) is 4.51. The van der Waals surface area contributed by atoms with Crippen LogP contribution in [-0.4, -0.2) is 4.57 Å². The van der Waals surface area contributed by atoms with Crippen LogP contribution in [0.5, 0.6) is 0 Å². The van der Waals surface area contributed by atoms with Crippen LogP contribution < -0.4 is 28.5 Å². The minimum atomic E-state index is 0. The number of aromatic nitrogens is 2. The van der Waals surface area contributed by atoms with Crippen molar-refractivity contribution in [3.63, 3.8) is 0 Å². The molecule has 0 amide bonds. The first-order valence-corrected chi connectivity index (χ1v) is 8.65. The Bertz CT molecular complexity index is 623. The number of nitrogens with zero attached hydrogens (tertiary/aromatic N) is 2. The fourth-order valence-corrected chi connectivity index (χ4v) is 3.19. The van der Waals surface area contributed by atoms with Gasteiger partial charge in [-0.1, -0.05) is 55.8 Å². The Morgan fingerprint density at radius 3 is 2.27 bits per heavy atom. The third-order valence-electron chi connectivity index (χ3n) is 4.28. The summed E-state index contributed by atoms with van der Waals surface area (Å²) in [6, 6.07) is 3.95. The molecule has 0 saturated carbocycles. The van der Waals surface area contributed by atoms with Gasteiger partial charge in [-0.2, -0.15) is 0 Å². The van der Waals surface area contributed by atoms with Gasteiger partial charge in [0, 0.05) is 19.1 Å². The Balaban J connectivity index is 0.00000242. The number of hydrogen-bond donors (Lipinski definition) is 0. The molecular formula is C17H25Cl2IN2. The van der Waals surface area contributed by atoms with Crippen molar-refractivity contribution in [3.05, 3.63) is 28.0 Å². The van der Waals surface area contributed by atoms with Gasteiger partial charge in [-0.3, -0.25) is 0 Å². The molecule has 2 rings (SSSR count). The molecule has 2 nitrogen and oxygen atoms in total. The second-order valence-electron chi connectivity index (χ2n) is 5.78. The Morgan fingerprint density at radius 2 is 1.59 bits per heavy atom. The van der Waals surface area contributed by atoms with Crippen LogP contribution in [0, 0.1) is 6.92 Å². The number of rotatable bonds is 7. The van der Waals surface area contributed by atoms with E-state index >= 15 is 0 Å². The van der Waals surface area contributed by atoms with E-state index in [1.165, 1.54) is 49.9 Å². The quantitative estimate of drug-likeness (QED) is 0.345. The van der Waals surface area contributed by atoms with E-state index in [0.29, 0.717) is 10.0 Å². The zero-order chi connectivity index (χ0) is 15.4. The number of imidazole rings is 1. The molecule has 0 fully saturated rings. The number of hydrogen-bond acceptors (Lipinski definition) is 0. The van der Waals surface area contributed by atoms with Crippen molar-refractivity contribution in [2.45, 2.75) is 58.9 Å². The fourth-order valence-electron chi connectivity index (χ4n) is 2.87. The van der Waals surface area contributed by atoms with E-state index in [1.54, 1.807) is 0 Å². The smallest absolute Gasteiger partial charge is 0.253 e. The van der Waals surface area contributed by atoms with Crippen LogP contribution in [0.1, 0.15) is 51.3 Å². The Labute approximate surface area is 160 Å². The summed E-state index contributed by atoms with van der Waals surface area (Å²) in [7, 11) is 2.08. The van der Waals surface area contributed by atoms with Crippen molar-refractivity contribution in [1.82, 2.24) is 4.57 Å². The first kappa shape index (κ1) is 20.0. The van der Waals surface area contributed by atoms with Crippen LogP contribution in [0.4, 0.5) is 0 Å². The molecule has 0 aliphatic rings. The van der Waals surface area contributed by atoms with Crippen LogP contribution in [0.25, 0.3) is 11.0 Å². The number of unbranched alkanes of at least 4 members (excludes halogenated alkanes) is 5. The molecule has 124 valence electrons. The number of benzene rings is 1. The average Bonchev–Trinajstić information content (AvgIpc) is 2.68. The predicted molar refractivity (Wildman–Crippen MR) is 91.2 cm³/mol. The molecule has 0 spiro atoms. The normalized spacial score (nSPS) is 11.0. The summed E-state index contributed by atoms with van der Waals surface area (Å²) in [5.41, 5.74) is 2.32. The van der Waals surface area contributed by atoms with Gasteiger partial charge in [0.2, 0.25) is 0 Å². The number of aryl methyl sites for hydroxylation is 2. The van der Waals surface area contributed by atoms with Crippen LogP contribution in [0.15, 0.2) is 12.1 Å². The summed E-state index contributed by atoms with van der Waals surface area (Å²) in [5.74, 6) is 1.25. The first-order chi connectivity index (χ1) is 10.1. The minimum Gasteiger partial charge on any atom is -1.00 e. The van der Waals surface area contributed by atoms with Gasteiger partial charge in [-0.25, -0.2) is 9.13 Å². The summed E-state index contributed by atoms with van der Waals surface area (Å²) in [4.78, 5) is 0. The van der Waals surface area contributed by atoms with Gasteiger partial charge in [0.15, 0.2) is 11.0 Å². The lowest BCUT2D eigenvalue weighted by Gasteiger charge is -2.02. The molecular weight excluding hydrogens is 430 g/mol. The van der Waals surface area contributed by atoms with E-state index in [4.69, 9.17) is 23.2 Å². The molecule has 5 heteroatoms. The minimum absolute atomic E-state index is 0. The highest BCUT2D eigenvalue weighted by molar-refractivity contribution is 6.42. The summed E-state index contributed by atoms with van der Waals surface area (Å²) in [5, 5.41) is 1.25. The lowest BCUT2D eigenvalue weighted by Crippen LogP contribution is -3.00. The van der Waals surface area contributed by atoms with Crippen molar-refractivity contribution in [3.8, 4) is 0 Å². The van der Waals surface area contributed by atoms with Gasteiger partial charge in [-0.15, -0.1) is 0 Å².